The number of hydrogen-bond donors (Lipinski definition) is 1. The normalized spacial score (nSPS) is 16.9. The molecule has 1 aliphatic rings. The summed E-state index contributed by atoms with van der Waals surface area (Å²) in [4.78, 5) is 4.08. The van der Waals surface area contributed by atoms with Gasteiger partial charge in [-0.3, -0.25) is 4.98 Å². The molecule has 1 aromatic heterocycles. The minimum Gasteiger partial charge on any atom is -0.312 e. The van der Waals surface area contributed by atoms with Crippen LogP contribution in [0, 0.1) is 5.92 Å². The van der Waals surface area contributed by atoms with E-state index in [4.69, 9.17) is 0 Å². The maximum atomic E-state index is 4.08. The van der Waals surface area contributed by atoms with E-state index in [-0.39, 0.29) is 0 Å². The van der Waals surface area contributed by atoms with E-state index < -0.39 is 0 Å². The van der Waals surface area contributed by atoms with Gasteiger partial charge in [0.1, 0.15) is 0 Å². The second-order valence-electron chi connectivity index (χ2n) is 3.79. The standard InChI is InChI=1S/C11H16N2/c1-3-10(4-1)7-13-9-11-5-2-6-12-8-11/h2,5-6,8,10,13H,1,3-4,7,9H2. The maximum absolute atomic E-state index is 4.08. The van der Waals surface area contributed by atoms with Crippen molar-refractivity contribution in [1.82, 2.24) is 10.3 Å². The van der Waals surface area contributed by atoms with Crippen LogP contribution in [0.2, 0.25) is 0 Å². The number of hydrogen-bond acceptors (Lipinski definition) is 2. The van der Waals surface area contributed by atoms with Gasteiger partial charge in [0.25, 0.3) is 0 Å². The van der Waals surface area contributed by atoms with Gasteiger partial charge in [0, 0.05) is 18.9 Å². The molecule has 1 N–H and O–H groups in total. The Bertz CT molecular complexity index is 242. The molecule has 0 atom stereocenters. The third-order valence-corrected chi connectivity index (χ3v) is 2.71. The minimum absolute atomic E-state index is 0.941. The summed E-state index contributed by atoms with van der Waals surface area (Å²) in [7, 11) is 0. The Morgan fingerprint density at radius 3 is 3.00 bits per heavy atom. The molecule has 0 saturated heterocycles. The van der Waals surface area contributed by atoms with Crippen molar-refractivity contribution in [2.45, 2.75) is 25.8 Å². The first-order valence-electron chi connectivity index (χ1n) is 5.05. The zero-order valence-electron chi connectivity index (χ0n) is 7.87. The summed E-state index contributed by atoms with van der Waals surface area (Å²) in [6, 6.07) is 4.10. The third-order valence-electron chi connectivity index (χ3n) is 2.71. The number of pyridine rings is 1. The third kappa shape index (κ3) is 2.52. The first-order chi connectivity index (χ1) is 6.45. The largest absolute Gasteiger partial charge is 0.312 e. The van der Waals surface area contributed by atoms with Crippen molar-refractivity contribution >= 4 is 0 Å². The summed E-state index contributed by atoms with van der Waals surface area (Å²) >= 11 is 0. The van der Waals surface area contributed by atoms with Crippen LogP contribution >= 0.6 is 0 Å². The molecule has 0 spiro atoms. The smallest absolute Gasteiger partial charge is 0.0312 e. The fraction of sp³-hybridized carbons (Fsp3) is 0.545. The van der Waals surface area contributed by atoms with Crippen LogP contribution < -0.4 is 5.32 Å². The predicted octanol–water partition coefficient (Wildman–Crippen LogP) is 1.97. The Hall–Kier alpha value is -0.890. The van der Waals surface area contributed by atoms with Gasteiger partial charge in [-0.15, -0.1) is 0 Å². The van der Waals surface area contributed by atoms with Crippen molar-refractivity contribution in [2.75, 3.05) is 6.54 Å². The molecular formula is C11H16N2. The molecule has 1 heterocycles. The summed E-state index contributed by atoms with van der Waals surface area (Å²) in [5.41, 5.74) is 1.28. The molecule has 0 bridgehead atoms. The zero-order chi connectivity index (χ0) is 8.93. The van der Waals surface area contributed by atoms with Crippen LogP contribution in [0.1, 0.15) is 24.8 Å². The highest BCUT2D eigenvalue weighted by Crippen LogP contribution is 2.25. The maximum Gasteiger partial charge on any atom is 0.0312 e. The van der Waals surface area contributed by atoms with Crippen LogP contribution in [0.15, 0.2) is 24.5 Å². The van der Waals surface area contributed by atoms with Gasteiger partial charge in [0.2, 0.25) is 0 Å². The second-order valence-corrected chi connectivity index (χ2v) is 3.79. The lowest BCUT2D eigenvalue weighted by Crippen LogP contribution is -2.26. The number of rotatable bonds is 4. The molecule has 2 rings (SSSR count). The second kappa shape index (κ2) is 4.38. The van der Waals surface area contributed by atoms with E-state index in [2.05, 4.69) is 16.4 Å². The van der Waals surface area contributed by atoms with E-state index in [1.54, 1.807) is 0 Å². The van der Waals surface area contributed by atoms with Gasteiger partial charge in [-0.05, 0) is 36.9 Å². The molecule has 1 aliphatic carbocycles. The van der Waals surface area contributed by atoms with Crippen LogP contribution in [0.3, 0.4) is 0 Å². The van der Waals surface area contributed by atoms with Crippen molar-refractivity contribution in [3.63, 3.8) is 0 Å². The van der Waals surface area contributed by atoms with E-state index in [1.807, 2.05) is 18.5 Å². The lowest BCUT2D eigenvalue weighted by atomic mass is 9.85. The Balaban J connectivity index is 1.67. The first-order valence-corrected chi connectivity index (χ1v) is 5.05. The molecule has 1 aromatic rings. The van der Waals surface area contributed by atoms with Crippen LogP contribution in [0.25, 0.3) is 0 Å². The van der Waals surface area contributed by atoms with Crippen LogP contribution in [-0.2, 0) is 6.54 Å². The molecule has 0 aromatic carbocycles. The first kappa shape index (κ1) is 8.70. The molecule has 0 radical (unpaired) electrons. The lowest BCUT2D eigenvalue weighted by molar-refractivity contribution is 0.301. The zero-order valence-corrected chi connectivity index (χ0v) is 7.87. The summed E-state index contributed by atoms with van der Waals surface area (Å²) in [5, 5.41) is 3.46. The summed E-state index contributed by atoms with van der Waals surface area (Å²) in [6.07, 6.45) is 8.00. The number of aromatic nitrogens is 1. The monoisotopic (exact) mass is 176 g/mol. The molecule has 2 nitrogen and oxygen atoms in total. The van der Waals surface area contributed by atoms with Crippen molar-refractivity contribution < 1.29 is 0 Å². The summed E-state index contributed by atoms with van der Waals surface area (Å²) in [5.74, 6) is 0.941. The Kier molecular flexibility index (Phi) is 2.93. The average molecular weight is 176 g/mol. The molecule has 0 unspecified atom stereocenters. The predicted molar refractivity (Wildman–Crippen MR) is 53.3 cm³/mol. The summed E-state index contributed by atoms with van der Waals surface area (Å²) in [6.45, 7) is 2.14. The summed E-state index contributed by atoms with van der Waals surface area (Å²) < 4.78 is 0. The highest BCUT2D eigenvalue weighted by molar-refractivity contribution is 5.07. The molecule has 70 valence electrons. The molecule has 13 heavy (non-hydrogen) atoms. The van der Waals surface area contributed by atoms with Gasteiger partial charge >= 0.3 is 0 Å². The fourth-order valence-electron chi connectivity index (χ4n) is 1.62. The van der Waals surface area contributed by atoms with Crippen molar-refractivity contribution in [3.05, 3.63) is 30.1 Å². The Morgan fingerprint density at radius 2 is 2.38 bits per heavy atom. The van der Waals surface area contributed by atoms with Crippen LogP contribution in [-0.4, -0.2) is 11.5 Å². The highest BCUT2D eigenvalue weighted by atomic mass is 14.9. The van der Waals surface area contributed by atoms with Gasteiger partial charge in [0.15, 0.2) is 0 Å². The van der Waals surface area contributed by atoms with Crippen molar-refractivity contribution in [1.29, 1.82) is 0 Å². The van der Waals surface area contributed by atoms with Crippen molar-refractivity contribution in [3.8, 4) is 0 Å². The van der Waals surface area contributed by atoms with E-state index in [1.165, 1.54) is 31.4 Å². The van der Waals surface area contributed by atoms with Gasteiger partial charge in [-0.25, -0.2) is 0 Å². The quantitative estimate of drug-likeness (QED) is 0.758. The number of nitrogens with one attached hydrogen (secondary N) is 1. The Morgan fingerprint density at radius 1 is 1.46 bits per heavy atom. The van der Waals surface area contributed by atoms with Gasteiger partial charge in [0.05, 0.1) is 0 Å². The van der Waals surface area contributed by atoms with Crippen LogP contribution in [0.5, 0.6) is 0 Å². The van der Waals surface area contributed by atoms with Crippen LogP contribution in [0.4, 0.5) is 0 Å². The van der Waals surface area contributed by atoms with Gasteiger partial charge < -0.3 is 5.32 Å². The molecule has 1 fully saturated rings. The van der Waals surface area contributed by atoms with E-state index in [0.717, 1.165) is 12.5 Å². The SMILES string of the molecule is c1cncc(CNCC2CCC2)c1. The van der Waals surface area contributed by atoms with Crippen molar-refractivity contribution in [2.24, 2.45) is 5.92 Å². The number of nitrogens with zero attached hydrogens (tertiary/aromatic N) is 1. The molecule has 1 saturated carbocycles. The van der Waals surface area contributed by atoms with E-state index in [0.29, 0.717) is 0 Å². The average Bonchev–Trinajstić information content (AvgIpc) is 2.11. The molecule has 2 heteroatoms. The van der Waals surface area contributed by atoms with Gasteiger partial charge in [-0.2, -0.15) is 0 Å². The highest BCUT2D eigenvalue weighted by Gasteiger charge is 2.15. The topological polar surface area (TPSA) is 24.9 Å². The molecular weight excluding hydrogens is 160 g/mol. The Labute approximate surface area is 79.4 Å². The molecule has 0 aliphatic heterocycles. The minimum atomic E-state index is 0.941. The van der Waals surface area contributed by atoms with Gasteiger partial charge in [-0.1, -0.05) is 12.5 Å². The molecule has 0 amide bonds. The van der Waals surface area contributed by atoms with E-state index in [9.17, 15) is 0 Å². The fourth-order valence-corrected chi connectivity index (χ4v) is 1.62. The lowest BCUT2D eigenvalue weighted by Gasteiger charge is -2.25. The van der Waals surface area contributed by atoms with E-state index >= 15 is 0 Å².